The highest BCUT2D eigenvalue weighted by atomic mass is 32.2. The van der Waals surface area contributed by atoms with Crippen LogP contribution < -0.4 is 16.6 Å². The molecule has 0 saturated carbocycles. The number of likely N-dealkylation sites (N-methyl/N-ethyl adjacent to an activating group) is 1. The number of aromatic nitrogens is 2. The van der Waals surface area contributed by atoms with Gasteiger partial charge in [-0.1, -0.05) is 0 Å². The van der Waals surface area contributed by atoms with Crippen LogP contribution in [-0.4, -0.2) is 41.4 Å². The lowest BCUT2D eigenvalue weighted by atomic mass is 10.2. The van der Waals surface area contributed by atoms with E-state index in [9.17, 15) is 31.6 Å². The molecule has 3 aromatic rings. The summed E-state index contributed by atoms with van der Waals surface area (Å²) in [4.78, 5) is 36.3. The van der Waals surface area contributed by atoms with Gasteiger partial charge in [0.15, 0.2) is 0 Å². The average Bonchev–Trinajstić information content (AvgIpc) is 2.72. The summed E-state index contributed by atoms with van der Waals surface area (Å²) in [6, 6.07) is 6.21. The zero-order valence-electron chi connectivity index (χ0n) is 16.7. The third kappa shape index (κ3) is 4.11. The molecule has 0 radical (unpaired) electrons. The minimum Gasteiger partial charge on any atom is -0.322 e. The fraction of sp³-hybridized carbons (Fsp3) is 0.211. The van der Waals surface area contributed by atoms with Crippen molar-refractivity contribution >= 4 is 32.5 Å². The van der Waals surface area contributed by atoms with Crippen LogP contribution in [-0.2, 0) is 28.9 Å². The summed E-state index contributed by atoms with van der Waals surface area (Å²) in [5.74, 6) is -2.68. The van der Waals surface area contributed by atoms with Gasteiger partial charge in [-0.3, -0.25) is 18.7 Å². The van der Waals surface area contributed by atoms with Gasteiger partial charge in [-0.2, -0.15) is 4.31 Å². The predicted octanol–water partition coefficient (Wildman–Crippen LogP) is 0.775. The van der Waals surface area contributed by atoms with Crippen molar-refractivity contribution < 1.29 is 22.0 Å². The number of hydrogen-bond donors (Lipinski definition) is 1. The molecular weight excluding hydrogens is 434 g/mol. The molecule has 0 atom stereocenters. The molecule has 0 saturated heterocycles. The number of nitrogens with zero attached hydrogens (tertiary/aromatic N) is 3. The first-order valence-corrected chi connectivity index (χ1v) is 10.3. The minimum atomic E-state index is -4.20. The first kappa shape index (κ1) is 22.3. The van der Waals surface area contributed by atoms with E-state index in [0.29, 0.717) is 6.07 Å². The van der Waals surface area contributed by atoms with E-state index in [1.807, 2.05) is 0 Å². The normalized spacial score (nSPS) is 11.8. The van der Waals surface area contributed by atoms with E-state index in [1.54, 1.807) is 0 Å². The Kier molecular flexibility index (Phi) is 5.79. The van der Waals surface area contributed by atoms with Gasteiger partial charge in [-0.05, 0) is 30.3 Å². The number of fused-ring (bicyclic) bond motifs is 1. The number of rotatable bonds is 5. The largest absolute Gasteiger partial charge is 0.330 e. The molecule has 0 spiro atoms. The van der Waals surface area contributed by atoms with Crippen LogP contribution in [0.4, 0.5) is 14.5 Å². The van der Waals surface area contributed by atoms with Crippen LogP contribution in [0.15, 0.2) is 50.9 Å². The predicted molar refractivity (Wildman–Crippen MR) is 109 cm³/mol. The zero-order chi connectivity index (χ0) is 23.1. The molecule has 1 aromatic heterocycles. The first-order chi connectivity index (χ1) is 14.4. The molecule has 9 nitrogen and oxygen atoms in total. The highest BCUT2D eigenvalue weighted by Crippen LogP contribution is 2.19. The van der Waals surface area contributed by atoms with E-state index >= 15 is 0 Å². The van der Waals surface area contributed by atoms with Crippen molar-refractivity contribution in [3.63, 3.8) is 0 Å². The van der Waals surface area contributed by atoms with E-state index < -0.39 is 45.4 Å². The van der Waals surface area contributed by atoms with Gasteiger partial charge in [-0.15, -0.1) is 0 Å². The second kappa shape index (κ2) is 8.04. The van der Waals surface area contributed by atoms with E-state index in [0.717, 1.165) is 34.1 Å². The lowest BCUT2D eigenvalue weighted by Crippen LogP contribution is -2.37. The maximum Gasteiger partial charge on any atom is 0.330 e. The Balaban J connectivity index is 1.90. The zero-order valence-corrected chi connectivity index (χ0v) is 17.5. The molecule has 0 aliphatic heterocycles. The standard InChI is InChI=1S/C19H18F2N4O5S/c1-23(10-17(26)22-15-6-4-11(20)8-14(15)21)31(29,30)12-5-7-16-13(9-12)18(27)25(3)19(28)24(16)2/h4-9H,10H2,1-3H3,(H,22,26). The Morgan fingerprint density at radius 1 is 1.06 bits per heavy atom. The lowest BCUT2D eigenvalue weighted by Gasteiger charge is -2.18. The number of halogens is 2. The number of nitrogens with one attached hydrogen (secondary N) is 1. The summed E-state index contributed by atoms with van der Waals surface area (Å²) in [7, 11) is -0.344. The fourth-order valence-corrected chi connectivity index (χ4v) is 4.14. The fourth-order valence-electron chi connectivity index (χ4n) is 2.98. The van der Waals surface area contributed by atoms with E-state index in [2.05, 4.69) is 5.32 Å². The lowest BCUT2D eigenvalue weighted by molar-refractivity contribution is -0.116. The Morgan fingerprint density at radius 2 is 1.74 bits per heavy atom. The van der Waals surface area contributed by atoms with Crippen molar-refractivity contribution in [3.8, 4) is 0 Å². The first-order valence-electron chi connectivity index (χ1n) is 8.84. The van der Waals surface area contributed by atoms with E-state index in [4.69, 9.17) is 0 Å². The third-order valence-electron chi connectivity index (χ3n) is 4.72. The Bertz CT molecular complexity index is 1430. The van der Waals surface area contributed by atoms with Crippen molar-refractivity contribution in [1.82, 2.24) is 13.4 Å². The maximum absolute atomic E-state index is 13.7. The number of aryl methyl sites for hydroxylation is 1. The quantitative estimate of drug-likeness (QED) is 0.615. The molecule has 164 valence electrons. The summed E-state index contributed by atoms with van der Waals surface area (Å²) in [5, 5.41) is 2.18. The number of hydrogen-bond acceptors (Lipinski definition) is 5. The minimum absolute atomic E-state index is 0.0110. The maximum atomic E-state index is 13.7. The molecule has 1 heterocycles. The van der Waals surface area contributed by atoms with E-state index in [-0.39, 0.29) is 21.5 Å². The molecule has 1 amide bonds. The van der Waals surface area contributed by atoms with Crippen molar-refractivity contribution in [2.45, 2.75) is 4.90 Å². The number of carbonyl (C=O) groups is 1. The van der Waals surface area contributed by atoms with Gasteiger partial charge in [0.2, 0.25) is 15.9 Å². The van der Waals surface area contributed by atoms with Gasteiger partial charge in [0.05, 0.1) is 28.0 Å². The molecule has 0 aliphatic rings. The Labute approximate surface area is 175 Å². The molecule has 0 bridgehead atoms. The SMILES string of the molecule is CN(CC(=O)Nc1ccc(F)cc1F)S(=O)(=O)c1ccc2c(c1)c(=O)n(C)c(=O)n2C. The van der Waals surface area contributed by atoms with Crippen molar-refractivity contribution in [2.75, 3.05) is 18.9 Å². The van der Waals surface area contributed by atoms with Crippen molar-refractivity contribution in [2.24, 2.45) is 14.1 Å². The van der Waals surface area contributed by atoms with Crippen LogP contribution in [0.5, 0.6) is 0 Å². The average molecular weight is 452 g/mol. The number of sulfonamides is 1. The summed E-state index contributed by atoms with van der Waals surface area (Å²) < 4.78 is 55.2. The van der Waals surface area contributed by atoms with E-state index in [1.165, 1.54) is 30.8 Å². The van der Waals surface area contributed by atoms with Gasteiger partial charge in [0, 0.05) is 27.2 Å². The molecule has 0 aliphatic carbocycles. The van der Waals surface area contributed by atoms with Gasteiger partial charge in [0.25, 0.3) is 5.56 Å². The highest BCUT2D eigenvalue weighted by molar-refractivity contribution is 7.89. The molecule has 3 rings (SSSR count). The number of anilines is 1. The molecule has 1 N–H and O–H groups in total. The Morgan fingerprint density at radius 3 is 2.39 bits per heavy atom. The summed E-state index contributed by atoms with van der Waals surface area (Å²) in [6.07, 6.45) is 0. The number of amides is 1. The monoisotopic (exact) mass is 452 g/mol. The van der Waals surface area contributed by atoms with Gasteiger partial charge >= 0.3 is 5.69 Å². The van der Waals surface area contributed by atoms with Crippen LogP contribution in [0.1, 0.15) is 0 Å². The van der Waals surface area contributed by atoms with Crippen LogP contribution in [0.3, 0.4) is 0 Å². The summed E-state index contributed by atoms with van der Waals surface area (Å²) >= 11 is 0. The molecule has 0 fully saturated rings. The van der Waals surface area contributed by atoms with Crippen LogP contribution in [0.2, 0.25) is 0 Å². The smallest absolute Gasteiger partial charge is 0.322 e. The molecule has 31 heavy (non-hydrogen) atoms. The number of carbonyl (C=O) groups excluding carboxylic acids is 1. The molecule has 2 aromatic carbocycles. The second-order valence-corrected chi connectivity index (χ2v) is 8.86. The Hall–Kier alpha value is -3.38. The van der Waals surface area contributed by atoms with Crippen LogP contribution in [0, 0.1) is 11.6 Å². The summed E-state index contributed by atoms with van der Waals surface area (Å²) in [5.41, 5.74) is -1.27. The van der Waals surface area contributed by atoms with Crippen molar-refractivity contribution in [3.05, 3.63) is 68.9 Å². The summed E-state index contributed by atoms with van der Waals surface area (Å²) in [6.45, 7) is -0.664. The topological polar surface area (TPSA) is 110 Å². The molecule has 12 heteroatoms. The van der Waals surface area contributed by atoms with Crippen LogP contribution in [0.25, 0.3) is 10.9 Å². The number of benzene rings is 2. The van der Waals surface area contributed by atoms with Gasteiger partial charge in [0.1, 0.15) is 11.6 Å². The van der Waals surface area contributed by atoms with Gasteiger partial charge in [-0.25, -0.2) is 22.0 Å². The second-order valence-electron chi connectivity index (χ2n) is 6.82. The molecular formula is C19H18F2N4O5S. The third-order valence-corrected chi connectivity index (χ3v) is 6.52. The molecule has 0 unspecified atom stereocenters. The highest BCUT2D eigenvalue weighted by Gasteiger charge is 2.24. The van der Waals surface area contributed by atoms with Gasteiger partial charge < -0.3 is 5.32 Å². The van der Waals surface area contributed by atoms with Crippen molar-refractivity contribution in [1.29, 1.82) is 0 Å². The van der Waals surface area contributed by atoms with Crippen LogP contribution >= 0.6 is 0 Å².